The number of benzene rings is 2. The van der Waals surface area contributed by atoms with Crippen LogP contribution >= 0.6 is 22.7 Å². The van der Waals surface area contributed by atoms with E-state index in [1.807, 2.05) is 92.7 Å². The van der Waals surface area contributed by atoms with Crippen LogP contribution in [0, 0.1) is 0 Å². The predicted octanol–water partition coefficient (Wildman–Crippen LogP) is 5.62. The Kier molecular flexibility index (Phi) is 4.59. The summed E-state index contributed by atoms with van der Waals surface area (Å²) in [6.45, 7) is 0. The van der Waals surface area contributed by atoms with E-state index in [0.29, 0.717) is 0 Å². The van der Waals surface area contributed by atoms with E-state index in [1.54, 1.807) is 22.7 Å². The van der Waals surface area contributed by atoms with Gasteiger partial charge < -0.3 is 5.32 Å². The molecule has 0 bridgehead atoms. The van der Waals surface area contributed by atoms with Gasteiger partial charge >= 0.3 is 0 Å². The third-order valence-corrected chi connectivity index (χ3v) is 6.91. The average molecular weight is 456 g/mol. The van der Waals surface area contributed by atoms with Gasteiger partial charge in [-0.15, -0.1) is 22.7 Å². The Morgan fingerprint density at radius 1 is 0.875 bits per heavy atom. The lowest BCUT2D eigenvalue weighted by Gasteiger charge is -2.06. The third kappa shape index (κ3) is 3.49. The van der Waals surface area contributed by atoms with Crippen LogP contribution < -0.4 is 5.32 Å². The predicted molar refractivity (Wildman–Crippen MR) is 129 cm³/mol. The molecule has 0 aliphatic carbocycles. The summed E-state index contributed by atoms with van der Waals surface area (Å²) in [5.41, 5.74) is 5.61. The Bertz CT molecular complexity index is 1510. The van der Waals surface area contributed by atoms with Crippen LogP contribution in [0.15, 0.2) is 83.9 Å². The smallest absolute Gasteiger partial charge is 0.230 e. The maximum atomic E-state index is 12.7. The highest BCUT2D eigenvalue weighted by Gasteiger charge is 2.13. The van der Waals surface area contributed by atoms with Gasteiger partial charge in [-0.25, -0.2) is 9.97 Å². The number of nitrogens with one attached hydrogen (secondary N) is 1. The van der Waals surface area contributed by atoms with Crippen LogP contribution in [-0.4, -0.2) is 24.7 Å². The fourth-order valence-corrected chi connectivity index (χ4v) is 5.24. The fraction of sp³-hybridized carbons (Fsp3) is 0.0417. The van der Waals surface area contributed by atoms with Crippen molar-refractivity contribution in [2.45, 2.75) is 6.42 Å². The number of rotatable bonds is 5. The molecule has 0 unspecified atom stereocenters. The monoisotopic (exact) mass is 455 g/mol. The van der Waals surface area contributed by atoms with Gasteiger partial charge in [-0.05, 0) is 12.1 Å². The number of carbonyl (C=O) groups is 1. The van der Waals surface area contributed by atoms with E-state index in [9.17, 15) is 4.79 Å². The summed E-state index contributed by atoms with van der Waals surface area (Å²) in [5.74, 6) is -0.0603. The molecule has 0 atom stereocenters. The summed E-state index contributed by atoms with van der Waals surface area (Å²) >= 11 is 3.15. The molecule has 6 aromatic rings. The molecule has 0 fully saturated rings. The molecular weight excluding hydrogens is 438 g/mol. The topological polar surface area (TPSA) is 63.7 Å². The molecule has 156 valence electrons. The zero-order valence-electron chi connectivity index (χ0n) is 16.8. The second-order valence-electron chi connectivity index (χ2n) is 7.39. The third-order valence-electron chi connectivity index (χ3n) is 5.25. The summed E-state index contributed by atoms with van der Waals surface area (Å²) < 4.78 is 4.01. The van der Waals surface area contributed by atoms with Crippen molar-refractivity contribution < 1.29 is 4.79 Å². The van der Waals surface area contributed by atoms with Gasteiger partial charge in [0.2, 0.25) is 5.91 Å². The van der Waals surface area contributed by atoms with Gasteiger partial charge in [-0.2, -0.15) is 0 Å². The van der Waals surface area contributed by atoms with Crippen molar-refractivity contribution in [3.8, 4) is 22.5 Å². The zero-order chi connectivity index (χ0) is 21.5. The molecule has 4 heterocycles. The molecule has 0 saturated heterocycles. The minimum Gasteiger partial charge on any atom is -0.326 e. The van der Waals surface area contributed by atoms with E-state index in [1.165, 1.54) is 0 Å². The van der Waals surface area contributed by atoms with Crippen molar-refractivity contribution in [1.82, 2.24) is 18.8 Å². The number of aromatic nitrogens is 4. The summed E-state index contributed by atoms with van der Waals surface area (Å²) in [7, 11) is 0. The second kappa shape index (κ2) is 7.74. The molecule has 0 aliphatic heterocycles. The molecule has 0 saturated carbocycles. The lowest BCUT2D eigenvalue weighted by Crippen LogP contribution is -2.15. The van der Waals surface area contributed by atoms with Gasteiger partial charge in [0, 0.05) is 51.9 Å². The second-order valence-corrected chi connectivity index (χ2v) is 9.10. The first-order chi connectivity index (χ1) is 15.7. The molecular formula is C24H17N5OS2. The number of hydrogen-bond donors (Lipinski definition) is 1. The number of anilines is 1. The van der Waals surface area contributed by atoms with Gasteiger partial charge in [0.15, 0.2) is 9.92 Å². The van der Waals surface area contributed by atoms with E-state index in [-0.39, 0.29) is 12.3 Å². The molecule has 4 aromatic heterocycles. The Morgan fingerprint density at radius 3 is 2.44 bits per heavy atom. The minimum absolute atomic E-state index is 0.0603. The first-order valence-electron chi connectivity index (χ1n) is 10.1. The number of nitrogens with zero attached hydrogens (tertiary/aromatic N) is 4. The first kappa shape index (κ1) is 19.0. The van der Waals surface area contributed by atoms with Gasteiger partial charge in [-0.3, -0.25) is 13.6 Å². The van der Waals surface area contributed by atoms with Gasteiger partial charge in [-0.1, -0.05) is 42.5 Å². The molecule has 1 N–H and O–H groups in total. The Hall–Kier alpha value is -3.75. The highest BCUT2D eigenvalue weighted by molar-refractivity contribution is 7.15. The quantitative estimate of drug-likeness (QED) is 0.367. The van der Waals surface area contributed by atoms with Gasteiger partial charge in [0.25, 0.3) is 0 Å². The zero-order valence-corrected chi connectivity index (χ0v) is 18.4. The average Bonchev–Trinajstić information content (AvgIpc) is 3.57. The van der Waals surface area contributed by atoms with E-state index >= 15 is 0 Å². The minimum atomic E-state index is -0.0603. The molecule has 32 heavy (non-hydrogen) atoms. The van der Waals surface area contributed by atoms with Crippen LogP contribution in [0.4, 0.5) is 5.69 Å². The van der Waals surface area contributed by atoms with Crippen LogP contribution in [0.5, 0.6) is 0 Å². The fourth-order valence-electron chi connectivity index (χ4n) is 3.67. The normalized spacial score (nSPS) is 11.4. The summed E-state index contributed by atoms with van der Waals surface area (Å²) in [6, 6.07) is 17.8. The van der Waals surface area contributed by atoms with E-state index in [2.05, 4.69) is 15.3 Å². The molecule has 6 rings (SSSR count). The number of imidazole rings is 2. The van der Waals surface area contributed by atoms with Crippen molar-refractivity contribution in [2.75, 3.05) is 5.32 Å². The van der Waals surface area contributed by atoms with E-state index in [4.69, 9.17) is 0 Å². The van der Waals surface area contributed by atoms with Crippen LogP contribution in [-0.2, 0) is 11.2 Å². The van der Waals surface area contributed by atoms with Crippen LogP contribution in [0.1, 0.15) is 5.69 Å². The Balaban J connectivity index is 1.16. The lowest BCUT2D eigenvalue weighted by molar-refractivity contribution is -0.115. The summed E-state index contributed by atoms with van der Waals surface area (Å²) in [4.78, 5) is 23.8. The van der Waals surface area contributed by atoms with Crippen LogP contribution in [0.2, 0.25) is 0 Å². The Labute approximate surface area is 191 Å². The summed E-state index contributed by atoms with van der Waals surface area (Å²) in [6.07, 6.45) is 6.28. The number of fused-ring (bicyclic) bond motifs is 2. The molecule has 0 radical (unpaired) electrons. The Morgan fingerprint density at radius 2 is 1.62 bits per heavy atom. The maximum Gasteiger partial charge on any atom is 0.230 e. The molecule has 6 nitrogen and oxygen atoms in total. The van der Waals surface area contributed by atoms with Crippen molar-refractivity contribution in [3.63, 3.8) is 0 Å². The van der Waals surface area contributed by atoms with Crippen LogP contribution in [0.25, 0.3) is 32.4 Å². The maximum absolute atomic E-state index is 12.7. The first-order valence-corrected chi connectivity index (χ1v) is 11.8. The lowest BCUT2D eigenvalue weighted by atomic mass is 10.1. The highest BCUT2D eigenvalue weighted by Crippen LogP contribution is 2.25. The van der Waals surface area contributed by atoms with Crippen molar-refractivity contribution >= 4 is 44.2 Å². The highest BCUT2D eigenvalue weighted by atomic mass is 32.1. The summed E-state index contributed by atoms with van der Waals surface area (Å²) in [5, 5.41) is 6.99. The van der Waals surface area contributed by atoms with Gasteiger partial charge in [0.1, 0.15) is 0 Å². The van der Waals surface area contributed by atoms with Crippen LogP contribution in [0.3, 0.4) is 0 Å². The molecule has 0 aliphatic rings. The SMILES string of the molecule is O=C(Cc1csc2nc(-c3ccccc3)cn12)Nc1ccc(-c2cn3ccsc3n2)cc1. The van der Waals surface area contributed by atoms with Crippen molar-refractivity contribution in [2.24, 2.45) is 0 Å². The molecule has 1 amide bonds. The van der Waals surface area contributed by atoms with Gasteiger partial charge in [0.05, 0.1) is 17.8 Å². The molecule has 0 spiro atoms. The number of carbonyl (C=O) groups excluding carboxylic acids is 1. The molecule has 2 aromatic carbocycles. The molecule has 8 heteroatoms. The van der Waals surface area contributed by atoms with Crippen molar-refractivity contribution in [1.29, 1.82) is 0 Å². The van der Waals surface area contributed by atoms with E-state index in [0.717, 1.165) is 43.8 Å². The van der Waals surface area contributed by atoms with Crippen molar-refractivity contribution in [3.05, 3.63) is 89.6 Å². The standard InChI is InChI=1S/C24H17N5OS2/c30-22(12-19-15-32-24-27-21(14-29(19)24)16-4-2-1-3-5-16)25-18-8-6-17(7-9-18)20-13-28-10-11-31-23(28)26-20/h1-11,13-15H,12H2,(H,25,30). The number of hydrogen-bond acceptors (Lipinski definition) is 5. The van der Waals surface area contributed by atoms with E-state index < -0.39 is 0 Å². The number of thiazole rings is 2. The largest absolute Gasteiger partial charge is 0.326 e. The number of amides is 1.